The summed E-state index contributed by atoms with van der Waals surface area (Å²) in [6.45, 7) is 10.4. The minimum atomic E-state index is -0.937. The first-order valence-corrected chi connectivity index (χ1v) is 9.16. The fraction of sp³-hybridized carbons (Fsp3) is 0.600. The van der Waals surface area contributed by atoms with E-state index < -0.39 is 11.6 Å². The fourth-order valence-electron chi connectivity index (χ4n) is 4.41. The monoisotopic (exact) mass is 360 g/mol. The summed E-state index contributed by atoms with van der Waals surface area (Å²) >= 11 is 0. The van der Waals surface area contributed by atoms with Crippen LogP contribution in [-0.2, 0) is 4.74 Å². The van der Waals surface area contributed by atoms with E-state index in [-0.39, 0.29) is 23.8 Å². The molecule has 2 fully saturated rings. The zero-order chi connectivity index (χ0) is 19.3. The number of carboxylic acid groups (broad SMARTS) is 1. The molecule has 6 heteroatoms. The Labute approximate surface area is 154 Å². The number of hydrogen-bond donors (Lipinski definition) is 1. The number of ether oxygens (including phenoxy) is 1. The van der Waals surface area contributed by atoms with Gasteiger partial charge >= 0.3 is 12.2 Å². The predicted molar refractivity (Wildman–Crippen MR) is 98.0 cm³/mol. The number of nitrogens with zero attached hydrogens (tertiary/aromatic N) is 2. The van der Waals surface area contributed by atoms with Crippen molar-refractivity contribution in [2.45, 2.75) is 70.7 Å². The largest absolute Gasteiger partial charge is 0.465 e. The van der Waals surface area contributed by atoms with Crippen molar-refractivity contribution in [2.24, 2.45) is 0 Å². The minimum Gasteiger partial charge on any atom is -0.465 e. The van der Waals surface area contributed by atoms with Crippen LogP contribution in [0, 0.1) is 0 Å². The lowest BCUT2D eigenvalue weighted by atomic mass is 9.87. The highest BCUT2D eigenvalue weighted by molar-refractivity contribution is 5.72. The van der Waals surface area contributed by atoms with Gasteiger partial charge in [-0.25, -0.2) is 9.59 Å². The van der Waals surface area contributed by atoms with Crippen LogP contribution in [0.3, 0.4) is 0 Å². The number of rotatable bonds is 3. The van der Waals surface area contributed by atoms with Crippen LogP contribution < -0.4 is 0 Å². The van der Waals surface area contributed by atoms with Gasteiger partial charge in [-0.15, -0.1) is 0 Å². The highest BCUT2D eigenvalue weighted by Crippen LogP contribution is 2.47. The molecule has 0 spiro atoms. The highest BCUT2D eigenvalue weighted by atomic mass is 16.6. The van der Waals surface area contributed by atoms with Crippen LogP contribution in [0.15, 0.2) is 24.3 Å². The van der Waals surface area contributed by atoms with Crippen LogP contribution >= 0.6 is 0 Å². The van der Waals surface area contributed by atoms with Gasteiger partial charge in [0, 0.05) is 12.1 Å². The molecule has 2 aliphatic heterocycles. The van der Waals surface area contributed by atoms with E-state index in [9.17, 15) is 14.7 Å². The Morgan fingerprint density at radius 1 is 1.35 bits per heavy atom. The number of carbonyl (C=O) groups is 2. The fourth-order valence-corrected chi connectivity index (χ4v) is 4.41. The second-order valence-electron chi connectivity index (χ2n) is 8.54. The average Bonchev–Trinajstić information content (AvgIpc) is 3.03. The molecule has 0 aromatic heterocycles. The Balaban J connectivity index is 1.85. The third-order valence-electron chi connectivity index (χ3n) is 5.72. The zero-order valence-electron chi connectivity index (χ0n) is 16.2. The van der Waals surface area contributed by atoms with Gasteiger partial charge in [0.25, 0.3) is 0 Å². The molecule has 142 valence electrons. The van der Waals surface area contributed by atoms with Crippen molar-refractivity contribution in [3.8, 4) is 0 Å². The normalized spacial score (nSPS) is 26.4. The van der Waals surface area contributed by atoms with Crippen molar-refractivity contribution in [1.29, 1.82) is 0 Å². The molecule has 1 N–H and O–H groups in total. The van der Waals surface area contributed by atoms with E-state index in [1.54, 1.807) is 0 Å². The number of cyclic esters (lactones) is 1. The molecule has 2 saturated heterocycles. The van der Waals surface area contributed by atoms with E-state index in [2.05, 4.69) is 6.92 Å². The van der Waals surface area contributed by atoms with Gasteiger partial charge in [0.1, 0.15) is 0 Å². The maximum Gasteiger partial charge on any atom is 0.411 e. The number of benzene rings is 1. The molecule has 0 unspecified atom stereocenters. The Morgan fingerprint density at radius 2 is 1.96 bits per heavy atom. The zero-order valence-corrected chi connectivity index (χ0v) is 16.2. The molecule has 2 heterocycles. The second-order valence-corrected chi connectivity index (χ2v) is 8.54. The Bertz CT molecular complexity index is 710. The molecule has 0 aliphatic carbocycles. The molecule has 2 aliphatic rings. The summed E-state index contributed by atoms with van der Waals surface area (Å²) in [6.07, 6.45) is 0.472. The Hall–Kier alpha value is -2.24. The van der Waals surface area contributed by atoms with Crippen molar-refractivity contribution < 1.29 is 19.4 Å². The van der Waals surface area contributed by atoms with Crippen LogP contribution in [0.2, 0.25) is 0 Å². The highest BCUT2D eigenvalue weighted by Gasteiger charge is 2.54. The maximum atomic E-state index is 12.1. The van der Waals surface area contributed by atoms with Crippen LogP contribution in [0.1, 0.15) is 70.7 Å². The molecule has 0 radical (unpaired) electrons. The standard InChI is InChI=1S/C20H28N2O4/c1-13(22(17(23)24)19(2,3)4)14-7-9-15(10-8-14)16-20(5)11-6-12-21(20)18(25)26-16/h7-10,13,16H,6,11-12H2,1-5H3,(H,23,24)/t13-,16-,20+/m0/s1. The maximum absolute atomic E-state index is 12.1. The van der Waals surface area contributed by atoms with Gasteiger partial charge in [-0.05, 0) is 58.6 Å². The first-order valence-electron chi connectivity index (χ1n) is 9.16. The molecule has 2 amide bonds. The minimum absolute atomic E-state index is 0.239. The molecular formula is C20H28N2O4. The number of hydrogen-bond acceptors (Lipinski definition) is 3. The van der Waals surface area contributed by atoms with Gasteiger partial charge in [0.15, 0.2) is 6.10 Å². The van der Waals surface area contributed by atoms with Crippen molar-refractivity contribution in [2.75, 3.05) is 6.54 Å². The number of fused-ring (bicyclic) bond motifs is 1. The Morgan fingerprint density at radius 3 is 2.50 bits per heavy atom. The van der Waals surface area contributed by atoms with Gasteiger partial charge in [0.05, 0.1) is 11.6 Å². The van der Waals surface area contributed by atoms with E-state index in [1.165, 1.54) is 4.90 Å². The first-order chi connectivity index (χ1) is 12.1. The van der Waals surface area contributed by atoms with Crippen LogP contribution in [0.5, 0.6) is 0 Å². The van der Waals surface area contributed by atoms with Crippen LogP contribution in [0.4, 0.5) is 9.59 Å². The molecule has 0 saturated carbocycles. The van der Waals surface area contributed by atoms with E-state index in [4.69, 9.17) is 4.74 Å². The van der Waals surface area contributed by atoms with Crippen molar-refractivity contribution >= 4 is 12.2 Å². The van der Waals surface area contributed by atoms with Crippen LogP contribution in [0.25, 0.3) is 0 Å². The van der Waals surface area contributed by atoms with Gasteiger partial charge in [-0.2, -0.15) is 0 Å². The summed E-state index contributed by atoms with van der Waals surface area (Å²) in [5, 5.41) is 9.60. The number of carbonyl (C=O) groups excluding carboxylic acids is 1. The topological polar surface area (TPSA) is 70.1 Å². The molecule has 1 aromatic rings. The molecular weight excluding hydrogens is 332 g/mol. The predicted octanol–water partition coefficient (Wildman–Crippen LogP) is 4.57. The van der Waals surface area contributed by atoms with Gasteiger partial charge in [-0.1, -0.05) is 24.3 Å². The molecule has 0 bridgehead atoms. The van der Waals surface area contributed by atoms with E-state index >= 15 is 0 Å². The van der Waals surface area contributed by atoms with Gasteiger partial charge in [-0.3, -0.25) is 9.80 Å². The smallest absolute Gasteiger partial charge is 0.411 e. The summed E-state index contributed by atoms with van der Waals surface area (Å²) in [4.78, 5) is 27.1. The lowest BCUT2D eigenvalue weighted by Crippen LogP contribution is -2.46. The van der Waals surface area contributed by atoms with Crippen molar-refractivity contribution in [3.05, 3.63) is 35.4 Å². The molecule has 6 nitrogen and oxygen atoms in total. The third kappa shape index (κ3) is 2.91. The van der Waals surface area contributed by atoms with E-state index in [0.29, 0.717) is 0 Å². The number of amides is 2. The van der Waals surface area contributed by atoms with Crippen molar-refractivity contribution in [1.82, 2.24) is 9.80 Å². The van der Waals surface area contributed by atoms with E-state index in [1.807, 2.05) is 56.9 Å². The summed E-state index contributed by atoms with van der Waals surface area (Å²) in [6, 6.07) is 7.53. The lowest BCUT2D eigenvalue weighted by molar-refractivity contribution is 0.0752. The molecule has 26 heavy (non-hydrogen) atoms. The molecule has 3 rings (SSSR count). The average molecular weight is 360 g/mol. The summed E-state index contributed by atoms with van der Waals surface area (Å²) in [7, 11) is 0. The van der Waals surface area contributed by atoms with Crippen molar-refractivity contribution in [3.63, 3.8) is 0 Å². The SMILES string of the molecule is C[C@@H](c1ccc([C@@H]2OC(=O)N3CCC[C@]23C)cc1)N(C(=O)O)C(C)(C)C. The summed E-state index contributed by atoms with van der Waals surface area (Å²) in [5.74, 6) is 0. The lowest BCUT2D eigenvalue weighted by Gasteiger charge is -2.38. The summed E-state index contributed by atoms with van der Waals surface area (Å²) in [5.41, 5.74) is 1.09. The molecule has 1 aromatic carbocycles. The van der Waals surface area contributed by atoms with Gasteiger partial charge < -0.3 is 9.84 Å². The second kappa shape index (κ2) is 6.18. The molecule has 3 atom stereocenters. The van der Waals surface area contributed by atoms with E-state index in [0.717, 1.165) is 30.5 Å². The summed E-state index contributed by atoms with van der Waals surface area (Å²) < 4.78 is 5.64. The third-order valence-corrected chi connectivity index (χ3v) is 5.72. The first kappa shape index (κ1) is 18.5. The van der Waals surface area contributed by atoms with Crippen LogP contribution in [-0.4, -0.2) is 44.7 Å². The quantitative estimate of drug-likeness (QED) is 0.857. The van der Waals surface area contributed by atoms with Gasteiger partial charge in [0.2, 0.25) is 0 Å². The Kier molecular flexibility index (Phi) is 4.41.